The van der Waals surface area contributed by atoms with Crippen LogP contribution in [-0.2, 0) is 14.6 Å². The molecule has 6 heteroatoms. The van der Waals surface area contributed by atoms with Crippen LogP contribution in [-0.4, -0.2) is 32.4 Å². The van der Waals surface area contributed by atoms with Crippen molar-refractivity contribution in [2.24, 2.45) is 0 Å². The van der Waals surface area contributed by atoms with Gasteiger partial charge in [0, 0.05) is 12.1 Å². The van der Waals surface area contributed by atoms with Gasteiger partial charge in [-0.3, -0.25) is 9.59 Å². The van der Waals surface area contributed by atoms with Crippen molar-refractivity contribution in [1.82, 2.24) is 0 Å². The number of rotatable bonds is 4. The molecule has 0 spiro atoms. The maximum atomic E-state index is 12.1. The fourth-order valence-electron chi connectivity index (χ4n) is 2.22. The number of carbonyl (C=O) groups is 2. The maximum Gasteiger partial charge on any atom is 0.242 e. The highest BCUT2D eigenvalue weighted by atomic mass is 32.2. The molecule has 1 heterocycles. The predicted molar refractivity (Wildman–Crippen MR) is 75.8 cm³/mol. The molecule has 0 aliphatic carbocycles. The monoisotopic (exact) mass is 295 g/mol. The van der Waals surface area contributed by atoms with E-state index in [9.17, 15) is 18.0 Å². The molecular formula is C14H17NO4S. The number of ketones is 1. The summed E-state index contributed by atoms with van der Waals surface area (Å²) in [5, 5.41) is 0. The summed E-state index contributed by atoms with van der Waals surface area (Å²) in [4.78, 5) is 25.1. The van der Waals surface area contributed by atoms with Crippen molar-refractivity contribution in [1.29, 1.82) is 0 Å². The van der Waals surface area contributed by atoms with Gasteiger partial charge in [0.2, 0.25) is 5.91 Å². The summed E-state index contributed by atoms with van der Waals surface area (Å²) in [6.45, 7) is 3.88. The number of hydrogen-bond donors (Lipinski definition) is 0. The first kappa shape index (κ1) is 14.7. The van der Waals surface area contributed by atoms with Crippen LogP contribution in [0.5, 0.6) is 0 Å². The molecule has 0 bridgehead atoms. The highest BCUT2D eigenvalue weighted by molar-refractivity contribution is 7.92. The Morgan fingerprint density at radius 1 is 1.35 bits per heavy atom. The van der Waals surface area contributed by atoms with Crippen LogP contribution in [0, 0.1) is 0 Å². The van der Waals surface area contributed by atoms with Gasteiger partial charge in [-0.2, -0.15) is 0 Å². The van der Waals surface area contributed by atoms with Crippen molar-refractivity contribution in [3.8, 4) is 0 Å². The highest BCUT2D eigenvalue weighted by Crippen LogP contribution is 2.32. The van der Waals surface area contributed by atoms with Gasteiger partial charge >= 0.3 is 0 Å². The van der Waals surface area contributed by atoms with Crippen molar-refractivity contribution in [3.05, 3.63) is 23.8 Å². The maximum absolute atomic E-state index is 12.1. The summed E-state index contributed by atoms with van der Waals surface area (Å²) >= 11 is 0. The van der Waals surface area contributed by atoms with Crippen LogP contribution in [0.15, 0.2) is 23.1 Å². The Morgan fingerprint density at radius 2 is 2.05 bits per heavy atom. The van der Waals surface area contributed by atoms with Gasteiger partial charge in [-0.05, 0) is 31.5 Å². The molecule has 5 nitrogen and oxygen atoms in total. The lowest BCUT2D eigenvalue weighted by atomic mass is 10.1. The van der Waals surface area contributed by atoms with E-state index in [0.29, 0.717) is 17.8 Å². The number of Topliss-reactive ketones (excluding diaryl/α,β-unsaturated/α-hetero) is 1. The average molecular weight is 295 g/mol. The van der Waals surface area contributed by atoms with E-state index in [2.05, 4.69) is 0 Å². The lowest BCUT2D eigenvalue weighted by molar-refractivity contribution is -0.116. The second-order valence-electron chi connectivity index (χ2n) is 4.90. The van der Waals surface area contributed by atoms with Crippen LogP contribution in [0.25, 0.3) is 0 Å². The molecule has 0 saturated heterocycles. The van der Waals surface area contributed by atoms with E-state index < -0.39 is 21.5 Å². The number of sulfone groups is 1. The zero-order chi connectivity index (χ0) is 14.9. The molecule has 0 aromatic heterocycles. The molecule has 20 heavy (non-hydrogen) atoms. The summed E-state index contributed by atoms with van der Waals surface area (Å²) in [6, 6.07) is 4.42. The fraction of sp³-hybridized carbons (Fsp3) is 0.429. The Morgan fingerprint density at radius 3 is 2.65 bits per heavy atom. The van der Waals surface area contributed by atoms with Crippen LogP contribution >= 0.6 is 0 Å². The number of carbonyl (C=O) groups excluding carboxylic acids is 2. The zero-order valence-corrected chi connectivity index (χ0v) is 12.4. The van der Waals surface area contributed by atoms with Gasteiger partial charge in [0.05, 0.1) is 10.6 Å². The Balaban J connectivity index is 2.57. The molecule has 0 fully saturated rings. The summed E-state index contributed by atoms with van der Waals surface area (Å²) < 4.78 is 24.1. The molecule has 1 aromatic carbocycles. The van der Waals surface area contributed by atoms with Gasteiger partial charge < -0.3 is 4.90 Å². The Hall–Kier alpha value is -1.69. The van der Waals surface area contributed by atoms with Gasteiger partial charge in [0.15, 0.2) is 15.6 Å². The third-order valence-electron chi connectivity index (χ3n) is 3.34. The molecule has 108 valence electrons. The molecule has 0 N–H and O–H groups in total. The number of nitrogens with zero attached hydrogens (tertiary/aromatic N) is 1. The molecule has 2 rings (SSSR count). The first-order valence-electron chi connectivity index (χ1n) is 6.55. The van der Waals surface area contributed by atoms with Crippen molar-refractivity contribution < 1.29 is 18.0 Å². The third-order valence-corrected chi connectivity index (χ3v) is 4.98. The van der Waals surface area contributed by atoms with Gasteiger partial charge in [0.25, 0.3) is 0 Å². The van der Waals surface area contributed by atoms with E-state index in [1.54, 1.807) is 0 Å². The Kier molecular flexibility index (Phi) is 3.94. The number of unbranched alkanes of at least 4 members (excludes halogenated alkanes) is 1. The van der Waals surface area contributed by atoms with Gasteiger partial charge in [0.1, 0.15) is 5.75 Å². The van der Waals surface area contributed by atoms with Crippen molar-refractivity contribution >= 4 is 27.2 Å². The molecule has 1 aromatic rings. The van der Waals surface area contributed by atoms with E-state index in [1.165, 1.54) is 30.0 Å². The summed E-state index contributed by atoms with van der Waals surface area (Å²) in [7, 11) is -3.59. The summed E-state index contributed by atoms with van der Waals surface area (Å²) in [5.74, 6) is -1.08. The van der Waals surface area contributed by atoms with E-state index in [4.69, 9.17) is 0 Å². The number of hydrogen-bond acceptors (Lipinski definition) is 4. The largest absolute Gasteiger partial charge is 0.310 e. The standard InChI is InChI=1S/C14H17NO4S/c1-3-4-7-15-12-8-11(10(2)16)5-6-13(12)20(18,19)9-14(15)17/h5-6,8H,3-4,7,9H2,1-2H3. The second kappa shape index (κ2) is 5.36. The minimum absolute atomic E-state index is 0.137. The van der Waals surface area contributed by atoms with Crippen molar-refractivity contribution in [2.45, 2.75) is 31.6 Å². The SMILES string of the molecule is CCCCN1C(=O)CS(=O)(=O)c2ccc(C(C)=O)cc21. The lowest BCUT2D eigenvalue weighted by Crippen LogP contribution is -2.41. The van der Waals surface area contributed by atoms with Crippen LogP contribution in [0.1, 0.15) is 37.0 Å². The average Bonchev–Trinajstić information content (AvgIpc) is 2.37. The quantitative estimate of drug-likeness (QED) is 0.794. The minimum atomic E-state index is -3.59. The molecular weight excluding hydrogens is 278 g/mol. The Labute approximate surface area is 118 Å². The fourth-order valence-corrected chi connectivity index (χ4v) is 3.62. The van der Waals surface area contributed by atoms with Crippen LogP contribution in [0.3, 0.4) is 0 Å². The molecule has 1 aliphatic rings. The first-order valence-corrected chi connectivity index (χ1v) is 8.20. The zero-order valence-electron chi connectivity index (χ0n) is 11.5. The number of benzene rings is 1. The van der Waals surface area contributed by atoms with E-state index >= 15 is 0 Å². The van der Waals surface area contributed by atoms with Gasteiger partial charge in [-0.25, -0.2) is 8.42 Å². The molecule has 0 atom stereocenters. The van der Waals surface area contributed by atoms with Gasteiger partial charge in [-0.1, -0.05) is 13.3 Å². The molecule has 0 saturated carbocycles. The molecule has 1 aliphatic heterocycles. The lowest BCUT2D eigenvalue weighted by Gasteiger charge is -2.29. The second-order valence-corrected chi connectivity index (χ2v) is 6.85. The van der Waals surface area contributed by atoms with Crippen molar-refractivity contribution in [2.75, 3.05) is 17.2 Å². The molecule has 0 radical (unpaired) electrons. The number of fused-ring (bicyclic) bond motifs is 1. The number of anilines is 1. The topological polar surface area (TPSA) is 71.5 Å². The number of amides is 1. The van der Waals surface area contributed by atoms with Crippen LogP contribution < -0.4 is 4.90 Å². The van der Waals surface area contributed by atoms with E-state index in [1.807, 2.05) is 6.92 Å². The smallest absolute Gasteiger partial charge is 0.242 e. The molecule has 0 unspecified atom stereocenters. The summed E-state index contributed by atoms with van der Waals surface area (Å²) in [6.07, 6.45) is 1.69. The van der Waals surface area contributed by atoms with Crippen LogP contribution in [0.2, 0.25) is 0 Å². The Bertz CT molecular complexity index is 664. The van der Waals surface area contributed by atoms with E-state index in [0.717, 1.165) is 12.8 Å². The first-order chi connectivity index (χ1) is 9.36. The highest BCUT2D eigenvalue weighted by Gasteiger charge is 2.34. The predicted octanol–water partition coefficient (Wildman–Crippen LogP) is 1.81. The van der Waals surface area contributed by atoms with Crippen molar-refractivity contribution in [3.63, 3.8) is 0 Å². The third kappa shape index (κ3) is 2.60. The normalized spacial score (nSPS) is 16.9. The summed E-state index contributed by atoms with van der Waals surface area (Å²) in [5.41, 5.74) is 0.748. The van der Waals surface area contributed by atoms with E-state index in [-0.39, 0.29) is 10.7 Å². The molecule has 1 amide bonds. The van der Waals surface area contributed by atoms with Gasteiger partial charge in [-0.15, -0.1) is 0 Å². The minimum Gasteiger partial charge on any atom is -0.310 e. The van der Waals surface area contributed by atoms with Crippen LogP contribution in [0.4, 0.5) is 5.69 Å².